The van der Waals surface area contributed by atoms with E-state index in [1.54, 1.807) is 49.6 Å². The van der Waals surface area contributed by atoms with Crippen LogP contribution in [0.4, 0.5) is 10.1 Å². The quantitative estimate of drug-likeness (QED) is 0.376. The first-order chi connectivity index (χ1) is 16.4. The van der Waals surface area contributed by atoms with Gasteiger partial charge in [-0.05, 0) is 49.2 Å². The van der Waals surface area contributed by atoms with Crippen molar-refractivity contribution in [1.29, 1.82) is 0 Å². The van der Waals surface area contributed by atoms with Gasteiger partial charge in [-0.2, -0.15) is 0 Å². The number of esters is 1. The molecule has 1 amide bonds. The molecular weight excluding hydrogens is 457 g/mol. The lowest BCUT2D eigenvalue weighted by atomic mass is 10.1. The lowest BCUT2D eigenvalue weighted by molar-refractivity contribution is -0.119. The summed E-state index contributed by atoms with van der Waals surface area (Å²) >= 11 is 1.31. The minimum atomic E-state index is -0.823. The van der Waals surface area contributed by atoms with Gasteiger partial charge in [-0.1, -0.05) is 25.1 Å². The van der Waals surface area contributed by atoms with Gasteiger partial charge in [-0.25, -0.2) is 14.2 Å². The van der Waals surface area contributed by atoms with Crippen LogP contribution in [-0.4, -0.2) is 28.0 Å². The van der Waals surface area contributed by atoms with Crippen molar-refractivity contribution in [3.63, 3.8) is 0 Å². The maximum absolute atomic E-state index is 13.4. The second-order valence-electron chi connectivity index (χ2n) is 7.51. The Labute approximate surface area is 198 Å². The number of halogens is 1. The number of ether oxygens (including phenoxy) is 1. The number of rotatable bonds is 7. The molecule has 7 nitrogen and oxygen atoms in total. The molecule has 9 heteroatoms. The van der Waals surface area contributed by atoms with E-state index in [2.05, 4.69) is 10.3 Å². The van der Waals surface area contributed by atoms with Gasteiger partial charge >= 0.3 is 5.97 Å². The first kappa shape index (κ1) is 23.3. The van der Waals surface area contributed by atoms with Crippen LogP contribution in [-0.2, 0) is 9.53 Å². The maximum Gasteiger partial charge on any atom is 0.338 e. The molecule has 1 unspecified atom stereocenters. The fourth-order valence-corrected chi connectivity index (χ4v) is 4.59. The molecule has 2 aromatic carbocycles. The topological polar surface area (TPSA) is 90.3 Å². The average molecular weight is 480 g/mol. The number of carbonyl (C=O) groups excluding carboxylic acids is 2. The van der Waals surface area contributed by atoms with Gasteiger partial charge < -0.3 is 10.1 Å². The first-order valence-electron chi connectivity index (χ1n) is 10.7. The smallest absolute Gasteiger partial charge is 0.338 e. The normalized spacial score (nSPS) is 11.9. The summed E-state index contributed by atoms with van der Waals surface area (Å²) in [5.74, 6) is -1.26. The molecule has 2 heterocycles. The van der Waals surface area contributed by atoms with E-state index in [9.17, 15) is 18.8 Å². The molecular formula is C25H22FN3O4S. The van der Waals surface area contributed by atoms with Crippen molar-refractivity contribution in [1.82, 2.24) is 9.55 Å². The zero-order valence-corrected chi connectivity index (χ0v) is 19.4. The summed E-state index contributed by atoms with van der Waals surface area (Å²) in [4.78, 5) is 43.5. The monoisotopic (exact) mass is 479 g/mol. The third kappa shape index (κ3) is 4.60. The number of thiophene rings is 1. The maximum atomic E-state index is 13.4. The van der Waals surface area contributed by atoms with Crippen molar-refractivity contribution >= 4 is 39.1 Å². The Hall–Kier alpha value is -3.85. The van der Waals surface area contributed by atoms with Crippen molar-refractivity contribution < 1.29 is 18.7 Å². The molecule has 0 spiro atoms. The number of fused-ring (bicyclic) bond motifs is 1. The standard InChI is InChI=1S/C25H22FN3O4S/c1-3-20(22(30)28-18-7-5-6-16(12-18)25(32)33-4-2)29-14-27-23-21(24(29)31)19(13-34-23)15-8-10-17(26)11-9-15/h5-14,20H,3-4H2,1-2H3,(H,28,30). The van der Waals surface area contributed by atoms with Crippen LogP contribution < -0.4 is 10.9 Å². The average Bonchev–Trinajstić information content (AvgIpc) is 3.27. The Morgan fingerprint density at radius 2 is 1.94 bits per heavy atom. The van der Waals surface area contributed by atoms with Crippen LogP contribution in [0, 0.1) is 5.82 Å². The lowest BCUT2D eigenvalue weighted by Crippen LogP contribution is -2.33. The molecule has 34 heavy (non-hydrogen) atoms. The summed E-state index contributed by atoms with van der Waals surface area (Å²) < 4.78 is 19.7. The van der Waals surface area contributed by atoms with E-state index in [4.69, 9.17) is 4.74 Å². The van der Waals surface area contributed by atoms with Crippen LogP contribution in [0.5, 0.6) is 0 Å². The van der Waals surface area contributed by atoms with Crippen molar-refractivity contribution in [2.45, 2.75) is 26.3 Å². The molecule has 0 fully saturated rings. The largest absolute Gasteiger partial charge is 0.462 e. The predicted octanol–water partition coefficient (Wildman–Crippen LogP) is 5.03. The molecule has 4 aromatic rings. The van der Waals surface area contributed by atoms with Crippen molar-refractivity contribution in [2.24, 2.45) is 0 Å². The van der Waals surface area contributed by atoms with Gasteiger partial charge in [-0.3, -0.25) is 14.2 Å². The summed E-state index contributed by atoms with van der Waals surface area (Å²) in [6.07, 6.45) is 1.71. The summed E-state index contributed by atoms with van der Waals surface area (Å²) in [7, 11) is 0. The highest BCUT2D eigenvalue weighted by atomic mass is 32.1. The number of nitrogens with one attached hydrogen (secondary N) is 1. The van der Waals surface area contributed by atoms with Gasteiger partial charge in [0.1, 0.15) is 16.7 Å². The fourth-order valence-electron chi connectivity index (χ4n) is 3.68. The van der Waals surface area contributed by atoms with Gasteiger partial charge in [0.05, 0.1) is 23.9 Å². The Kier molecular flexibility index (Phi) is 6.83. The third-order valence-corrected chi connectivity index (χ3v) is 6.23. The number of amides is 1. The van der Waals surface area contributed by atoms with Crippen LogP contribution in [0.2, 0.25) is 0 Å². The highest BCUT2D eigenvalue weighted by Crippen LogP contribution is 2.31. The fraction of sp³-hybridized carbons (Fsp3) is 0.200. The van der Waals surface area contributed by atoms with Crippen molar-refractivity contribution in [3.05, 3.63) is 82.0 Å². The van der Waals surface area contributed by atoms with E-state index in [1.807, 2.05) is 0 Å². The molecule has 0 aliphatic heterocycles. The second kappa shape index (κ2) is 9.96. The third-order valence-electron chi connectivity index (χ3n) is 5.34. The SMILES string of the molecule is CCOC(=O)c1cccc(NC(=O)C(CC)n2cnc3scc(-c4ccc(F)cc4)c3c2=O)c1. The molecule has 174 valence electrons. The van der Waals surface area contributed by atoms with E-state index in [0.29, 0.717) is 39.0 Å². The van der Waals surface area contributed by atoms with E-state index in [1.165, 1.54) is 40.4 Å². The zero-order valence-electron chi connectivity index (χ0n) is 18.6. The van der Waals surface area contributed by atoms with E-state index >= 15 is 0 Å². The van der Waals surface area contributed by atoms with Gasteiger partial charge in [0.25, 0.3) is 5.56 Å². The van der Waals surface area contributed by atoms with Gasteiger partial charge in [0.2, 0.25) is 5.91 Å². The zero-order chi connectivity index (χ0) is 24.2. The number of hydrogen-bond acceptors (Lipinski definition) is 6. The minimum absolute atomic E-state index is 0.244. The van der Waals surface area contributed by atoms with E-state index < -0.39 is 17.9 Å². The minimum Gasteiger partial charge on any atom is -0.462 e. The highest BCUT2D eigenvalue weighted by Gasteiger charge is 2.23. The molecule has 0 radical (unpaired) electrons. The number of anilines is 1. The summed E-state index contributed by atoms with van der Waals surface area (Å²) in [5, 5.41) is 4.97. The van der Waals surface area contributed by atoms with Crippen LogP contribution in [0.3, 0.4) is 0 Å². The second-order valence-corrected chi connectivity index (χ2v) is 8.37. The molecule has 4 rings (SSSR count). The Bertz CT molecular complexity index is 1410. The van der Waals surface area contributed by atoms with Crippen molar-refractivity contribution in [2.75, 3.05) is 11.9 Å². The molecule has 1 atom stereocenters. The summed E-state index contributed by atoms with van der Waals surface area (Å²) in [6, 6.07) is 11.5. The van der Waals surface area contributed by atoms with Gasteiger partial charge in [0.15, 0.2) is 0 Å². The molecule has 0 bridgehead atoms. The number of carbonyl (C=O) groups is 2. The van der Waals surface area contributed by atoms with Crippen LogP contribution >= 0.6 is 11.3 Å². The Morgan fingerprint density at radius 3 is 2.65 bits per heavy atom. The summed E-state index contributed by atoms with van der Waals surface area (Å²) in [5.41, 5.74) is 1.71. The first-order valence-corrected chi connectivity index (χ1v) is 11.6. The molecule has 0 saturated carbocycles. The number of benzene rings is 2. The van der Waals surface area contributed by atoms with Crippen LogP contribution in [0.25, 0.3) is 21.3 Å². The summed E-state index contributed by atoms with van der Waals surface area (Å²) in [6.45, 7) is 3.76. The molecule has 0 aliphatic rings. The number of aromatic nitrogens is 2. The number of hydrogen-bond donors (Lipinski definition) is 1. The highest BCUT2D eigenvalue weighted by molar-refractivity contribution is 7.17. The van der Waals surface area contributed by atoms with Crippen LogP contribution in [0.15, 0.2) is 65.0 Å². The predicted molar refractivity (Wildman–Crippen MR) is 130 cm³/mol. The number of nitrogens with zero attached hydrogens (tertiary/aromatic N) is 2. The van der Waals surface area contributed by atoms with Gasteiger partial charge in [0, 0.05) is 16.6 Å². The van der Waals surface area contributed by atoms with Crippen LogP contribution in [0.1, 0.15) is 36.7 Å². The molecule has 0 saturated heterocycles. The van der Waals surface area contributed by atoms with Gasteiger partial charge in [-0.15, -0.1) is 11.3 Å². The van der Waals surface area contributed by atoms with E-state index in [0.717, 1.165) is 0 Å². The van der Waals surface area contributed by atoms with E-state index in [-0.39, 0.29) is 18.0 Å². The van der Waals surface area contributed by atoms with Crippen molar-refractivity contribution in [3.8, 4) is 11.1 Å². The molecule has 0 aliphatic carbocycles. The lowest BCUT2D eigenvalue weighted by Gasteiger charge is -2.18. The molecule has 2 aromatic heterocycles. The Morgan fingerprint density at radius 1 is 1.18 bits per heavy atom. The molecule has 1 N–H and O–H groups in total. The Balaban J connectivity index is 1.67.